The van der Waals surface area contributed by atoms with Gasteiger partial charge in [0.2, 0.25) is 12.7 Å². The van der Waals surface area contributed by atoms with Crippen molar-refractivity contribution >= 4 is 11.6 Å². The van der Waals surface area contributed by atoms with Crippen molar-refractivity contribution in [1.82, 2.24) is 5.32 Å². The maximum Gasteiger partial charge on any atom is 0.243 e. The van der Waals surface area contributed by atoms with Crippen LogP contribution in [0, 0.1) is 6.92 Å². The molecule has 1 N–H and O–H groups in total. The van der Waals surface area contributed by atoms with Crippen molar-refractivity contribution in [1.29, 1.82) is 0 Å². The standard InChI is InChI=1S/C14H18N2O3/c1-9-6-12-13(19-8-18-12)7-11(9)16(2)14(17)10-4-3-5-15-10/h6-7,10,15H,3-5,8H2,1-2H3. The number of aryl methyl sites for hydroxylation is 1. The predicted octanol–water partition coefficient (Wildman–Crippen LogP) is 1.44. The Labute approximate surface area is 112 Å². The first-order valence-corrected chi connectivity index (χ1v) is 6.58. The number of hydrogen-bond acceptors (Lipinski definition) is 4. The number of nitrogens with one attached hydrogen (secondary N) is 1. The van der Waals surface area contributed by atoms with E-state index in [1.54, 1.807) is 4.90 Å². The number of rotatable bonds is 2. The first-order valence-electron chi connectivity index (χ1n) is 6.58. The number of hydrogen-bond donors (Lipinski definition) is 1. The van der Waals surface area contributed by atoms with E-state index in [-0.39, 0.29) is 18.7 Å². The molecule has 0 spiro atoms. The zero-order chi connectivity index (χ0) is 13.4. The van der Waals surface area contributed by atoms with Gasteiger partial charge in [0.1, 0.15) is 0 Å². The Hall–Kier alpha value is -1.75. The fraction of sp³-hybridized carbons (Fsp3) is 0.500. The van der Waals surface area contributed by atoms with Crippen LogP contribution in [0.5, 0.6) is 11.5 Å². The summed E-state index contributed by atoms with van der Waals surface area (Å²) >= 11 is 0. The van der Waals surface area contributed by atoms with Gasteiger partial charge < -0.3 is 19.7 Å². The Balaban J connectivity index is 1.86. The van der Waals surface area contributed by atoms with Gasteiger partial charge in [0, 0.05) is 13.1 Å². The first-order chi connectivity index (χ1) is 9.16. The van der Waals surface area contributed by atoms with E-state index in [9.17, 15) is 4.79 Å². The highest BCUT2D eigenvalue weighted by Crippen LogP contribution is 2.38. The Morgan fingerprint density at radius 2 is 2.11 bits per heavy atom. The smallest absolute Gasteiger partial charge is 0.243 e. The summed E-state index contributed by atoms with van der Waals surface area (Å²) in [5, 5.41) is 3.23. The van der Waals surface area contributed by atoms with Crippen LogP contribution in [-0.4, -0.2) is 32.3 Å². The molecule has 1 atom stereocenters. The Morgan fingerprint density at radius 3 is 2.79 bits per heavy atom. The molecule has 2 aliphatic rings. The van der Waals surface area contributed by atoms with E-state index >= 15 is 0 Å². The molecule has 3 rings (SSSR count). The minimum atomic E-state index is -0.0603. The SMILES string of the molecule is Cc1cc2c(cc1N(C)C(=O)C1CCCN1)OCO2. The molecular formula is C14H18N2O3. The summed E-state index contributed by atoms with van der Waals surface area (Å²) in [6.45, 7) is 3.15. The topological polar surface area (TPSA) is 50.8 Å². The largest absolute Gasteiger partial charge is 0.454 e. The minimum Gasteiger partial charge on any atom is -0.454 e. The molecule has 1 aromatic rings. The van der Waals surface area contributed by atoms with E-state index in [0.29, 0.717) is 5.75 Å². The van der Waals surface area contributed by atoms with Crippen LogP contribution in [0.25, 0.3) is 0 Å². The monoisotopic (exact) mass is 262 g/mol. The van der Waals surface area contributed by atoms with Crippen molar-refractivity contribution < 1.29 is 14.3 Å². The fourth-order valence-electron chi connectivity index (χ4n) is 2.64. The maximum absolute atomic E-state index is 12.4. The lowest BCUT2D eigenvalue weighted by Crippen LogP contribution is -2.41. The van der Waals surface area contributed by atoms with E-state index < -0.39 is 0 Å². The molecule has 2 aliphatic heterocycles. The molecule has 19 heavy (non-hydrogen) atoms. The second-order valence-electron chi connectivity index (χ2n) is 5.04. The zero-order valence-electron chi connectivity index (χ0n) is 11.2. The van der Waals surface area contributed by atoms with Crippen LogP contribution in [0.3, 0.4) is 0 Å². The molecule has 1 unspecified atom stereocenters. The summed E-state index contributed by atoms with van der Waals surface area (Å²) in [6.07, 6.45) is 1.97. The van der Waals surface area contributed by atoms with Crippen molar-refractivity contribution in [3.05, 3.63) is 17.7 Å². The maximum atomic E-state index is 12.4. The van der Waals surface area contributed by atoms with Crippen molar-refractivity contribution in [2.75, 3.05) is 25.3 Å². The van der Waals surface area contributed by atoms with Crippen LogP contribution in [0.1, 0.15) is 18.4 Å². The summed E-state index contributed by atoms with van der Waals surface area (Å²) in [5.74, 6) is 1.57. The lowest BCUT2D eigenvalue weighted by atomic mass is 10.1. The zero-order valence-corrected chi connectivity index (χ0v) is 11.2. The molecular weight excluding hydrogens is 244 g/mol. The summed E-state index contributed by atoms with van der Waals surface area (Å²) in [4.78, 5) is 14.1. The molecule has 5 nitrogen and oxygen atoms in total. The van der Waals surface area contributed by atoms with E-state index in [2.05, 4.69) is 5.32 Å². The quantitative estimate of drug-likeness (QED) is 0.876. The number of amides is 1. The molecule has 0 aromatic heterocycles. The van der Waals surface area contributed by atoms with Crippen LogP contribution in [0.15, 0.2) is 12.1 Å². The molecule has 1 saturated heterocycles. The van der Waals surface area contributed by atoms with Crippen LogP contribution in [0.2, 0.25) is 0 Å². The third-order valence-electron chi connectivity index (χ3n) is 3.74. The molecule has 5 heteroatoms. The number of fused-ring (bicyclic) bond motifs is 1. The highest BCUT2D eigenvalue weighted by molar-refractivity contribution is 5.97. The average molecular weight is 262 g/mol. The van der Waals surface area contributed by atoms with E-state index in [1.807, 2.05) is 26.1 Å². The lowest BCUT2D eigenvalue weighted by Gasteiger charge is -2.23. The lowest BCUT2D eigenvalue weighted by molar-refractivity contribution is -0.119. The molecule has 2 heterocycles. The van der Waals surface area contributed by atoms with Gasteiger partial charge in [-0.15, -0.1) is 0 Å². The van der Waals surface area contributed by atoms with Gasteiger partial charge in [-0.05, 0) is 37.9 Å². The third kappa shape index (κ3) is 2.14. The number of carbonyl (C=O) groups excluding carboxylic acids is 1. The van der Waals surface area contributed by atoms with Crippen LogP contribution in [-0.2, 0) is 4.79 Å². The third-order valence-corrected chi connectivity index (χ3v) is 3.74. The highest BCUT2D eigenvalue weighted by Gasteiger charge is 2.27. The minimum absolute atomic E-state index is 0.0603. The van der Waals surface area contributed by atoms with Crippen LogP contribution < -0.4 is 19.7 Å². The number of nitrogens with zero attached hydrogens (tertiary/aromatic N) is 1. The number of anilines is 1. The molecule has 1 aromatic carbocycles. The second-order valence-corrected chi connectivity index (χ2v) is 5.04. The van der Waals surface area contributed by atoms with Gasteiger partial charge in [0.15, 0.2) is 11.5 Å². The summed E-state index contributed by atoms with van der Waals surface area (Å²) < 4.78 is 10.7. The molecule has 0 radical (unpaired) electrons. The summed E-state index contributed by atoms with van der Waals surface area (Å²) in [7, 11) is 1.81. The molecule has 0 aliphatic carbocycles. The Bertz CT molecular complexity index is 510. The summed E-state index contributed by atoms with van der Waals surface area (Å²) in [6, 6.07) is 3.74. The second kappa shape index (κ2) is 4.74. The number of carbonyl (C=O) groups is 1. The van der Waals surface area contributed by atoms with Crippen molar-refractivity contribution in [2.24, 2.45) is 0 Å². The van der Waals surface area contributed by atoms with E-state index in [4.69, 9.17) is 9.47 Å². The fourth-order valence-corrected chi connectivity index (χ4v) is 2.64. The van der Waals surface area contributed by atoms with Gasteiger partial charge in [-0.1, -0.05) is 0 Å². The van der Waals surface area contributed by atoms with Gasteiger partial charge in [0.05, 0.1) is 11.7 Å². The van der Waals surface area contributed by atoms with Gasteiger partial charge >= 0.3 is 0 Å². The molecule has 1 amide bonds. The number of benzene rings is 1. The Morgan fingerprint density at radius 1 is 1.37 bits per heavy atom. The average Bonchev–Trinajstić information content (AvgIpc) is 3.06. The van der Waals surface area contributed by atoms with Gasteiger partial charge in [0.25, 0.3) is 0 Å². The van der Waals surface area contributed by atoms with Gasteiger partial charge in [-0.3, -0.25) is 4.79 Å². The first kappa shape index (κ1) is 12.3. The summed E-state index contributed by atoms with van der Waals surface area (Å²) in [5.41, 5.74) is 1.89. The normalized spacial score (nSPS) is 20.6. The van der Waals surface area contributed by atoms with E-state index in [1.165, 1.54) is 0 Å². The number of likely N-dealkylation sites (N-methyl/N-ethyl adjacent to an activating group) is 1. The van der Waals surface area contributed by atoms with Gasteiger partial charge in [-0.2, -0.15) is 0 Å². The molecule has 0 saturated carbocycles. The predicted molar refractivity (Wildman–Crippen MR) is 71.7 cm³/mol. The molecule has 102 valence electrons. The van der Waals surface area contributed by atoms with Crippen molar-refractivity contribution in [2.45, 2.75) is 25.8 Å². The van der Waals surface area contributed by atoms with Gasteiger partial charge in [-0.25, -0.2) is 0 Å². The molecule has 0 bridgehead atoms. The van der Waals surface area contributed by atoms with E-state index in [0.717, 1.165) is 36.4 Å². The number of ether oxygens (including phenoxy) is 2. The highest BCUT2D eigenvalue weighted by atomic mass is 16.7. The van der Waals surface area contributed by atoms with Crippen LogP contribution >= 0.6 is 0 Å². The molecule has 1 fully saturated rings. The van der Waals surface area contributed by atoms with Crippen LogP contribution in [0.4, 0.5) is 5.69 Å². The Kier molecular flexibility index (Phi) is 3.06. The van der Waals surface area contributed by atoms with Crippen molar-refractivity contribution in [3.8, 4) is 11.5 Å². The van der Waals surface area contributed by atoms with Crippen molar-refractivity contribution in [3.63, 3.8) is 0 Å².